The van der Waals surface area contributed by atoms with E-state index in [0.29, 0.717) is 19.1 Å². The van der Waals surface area contributed by atoms with Gasteiger partial charge in [-0.25, -0.2) is 4.98 Å². The number of hydrogen-bond donors (Lipinski definition) is 1. The number of methoxy groups -OCH3 is 1. The topological polar surface area (TPSA) is 63.7 Å². The molecule has 6 heteroatoms. The number of rotatable bonds is 6. The first-order valence-corrected chi connectivity index (χ1v) is 13.3. The molecule has 6 rings (SSSR count). The minimum absolute atomic E-state index is 0.0884. The molecule has 2 fully saturated rings. The minimum Gasteiger partial charge on any atom is -0.488 e. The molecule has 0 amide bonds. The van der Waals surface area contributed by atoms with Crippen molar-refractivity contribution in [2.45, 2.75) is 46.8 Å². The Hall–Kier alpha value is -3.38. The van der Waals surface area contributed by atoms with Gasteiger partial charge in [-0.15, -0.1) is 0 Å². The van der Waals surface area contributed by atoms with E-state index in [0.717, 1.165) is 60.9 Å². The van der Waals surface area contributed by atoms with Crippen molar-refractivity contribution in [2.24, 2.45) is 11.3 Å². The summed E-state index contributed by atoms with van der Waals surface area (Å²) in [7, 11) is 1.48. The van der Waals surface area contributed by atoms with Gasteiger partial charge in [-0.05, 0) is 98.2 Å². The van der Waals surface area contributed by atoms with E-state index in [-0.39, 0.29) is 11.4 Å². The largest absolute Gasteiger partial charge is 0.488 e. The fourth-order valence-corrected chi connectivity index (χ4v) is 6.33. The van der Waals surface area contributed by atoms with Crippen LogP contribution >= 0.6 is 0 Å². The van der Waals surface area contributed by atoms with Gasteiger partial charge in [0.15, 0.2) is 0 Å². The fraction of sp³-hybridized carbons (Fsp3) is 0.419. The number of aryl methyl sites for hydroxylation is 2. The van der Waals surface area contributed by atoms with Gasteiger partial charge in [0.05, 0.1) is 18.2 Å². The number of carbonyl (C=O) groups excluding carboxylic acids is 1. The lowest BCUT2D eigenvalue weighted by molar-refractivity contribution is -0.146. The Morgan fingerprint density at radius 3 is 2.86 bits per heavy atom. The summed E-state index contributed by atoms with van der Waals surface area (Å²) in [5.41, 5.74) is 9.54. The molecule has 2 aliphatic heterocycles. The Morgan fingerprint density at radius 1 is 1.16 bits per heavy atom. The van der Waals surface area contributed by atoms with Crippen molar-refractivity contribution < 1.29 is 14.3 Å². The van der Waals surface area contributed by atoms with Gasteiger partial charge in [0, 0.05) is 25.2 Å². The number of pyridine rings is 1. The highest BCUT2D eigenvalue weighted by atomic mass is 16.5. The number of ether oxygens (including phenoxy) is 2. The van der Waals surface area contributed by atoms with E-state index in [1.165, 1.54) is 34.9 Å². The molecule has 2 atom stereocenters. The number of fused-ring (bicyclic) bond motifs is 2. The monoisotopic (exact) mass is 497 g/mol. The van der Waals surface area contributed by atoms with Crippen molar-refractivity contribution in [3.63, 3.8) is 0 Å². The zero-order valence-corrected chi connectivity index (χ0v) is 22.2. The molecule has 3 aliphatic rings. The van der Waals surface area contributed by atoms with Crippen LogP contribution in [-0.2, 0) is 29.1 Å². The quantitative estimate of drug-likeness (QED) is 0.489. The van der Waals surface area contributed by atoms with Gasteiger partial charge in [-0.1, -0.05) is 23.8 Å². The van der Waals surface area contributed by atoms with Gasteiger partial charge in [-0.2, -0.15) is 0 Å². The maximum atomic E-state index is 12.3. The van der Waals surface area contributed by atoms with Gasteiger partial charge in [0.25, 0.3) is 0 Å². The Labute approximate surface area is 219 Å². The smallest absolute Gasteiger partial charge is 0.313 e. The summed E-state index contributed by atoms with van der Waals surface area (Å²) >= 11 is 0. The van der Waals surface area contributed by atoms with Gasteiger partial charge in [0.1, 0.15) is 18.2 Å². The molecule has 3 aromatic rings. The molecule has 1 saturated carbocycles. The molecule has 1 aliphatic carbocycles. The lowest BCUT2D eigenvalue weighted by atomic mass is 9.89. The van der Waals surface area contributed by atoms with E-state index in [2.05, 4.69) is 55.3 Å². The summed E-state index contributed by atoms with van der Waals surface area (Å²) < 4.78 is 11.6. The van der Waals surface area contributed by atoms with Crippen LogP contribution in [0.15, 0.2) is 42.5 Å². The van der Waals surface area contributed by atoms with Crippen molar-refractivity contribution in [3.8, 4) is 17.0 Å². The molecule has 192 valence electrons. The SMILES string of the molecule is COC(=O)[C@]12C[C@H]1CN(c1cccc(-c3cc(C)ccc3OCc3cc(C)c4c(c3C)CCNC4)n1)C2. The summed E-state index contributed by atoms with van der Waals surface area (Å²) in [6.07, 6.45) is 1.99. The third kappa shape index (κ3) is 4.17. The van der Waals surface area contributed by atoms with Gasteiger partial charge in [0.2, 0.25) is 0 Å². The number of hydrogen-bond acceptors (Lipinski definition) is 6. The number of nitrogens with one attached hydrogen (secondary N) is 1. The van der Waals surface area contributed by atoms with Gasteiger partial charge >= 0.3 is 5.97 Å². The first-order valence-electron chi connectivity index (χ1n) is 13.3. The Morgan fingerprint density at radius 2 is 2.03 bits per heavy atom. The molecule has 1 aromatic heterocycles. The van der Waals surface area contributed by atoms with Crippen LogP contribution < -0.4 is 15.0 Å². The summed E-state index contributed by atoms with van der Waals surface area (Å²) in [4.78, 5) is 19.6. The predicted molar refractivity (Wildman–Crippen MR) is 145 cm³/mol. The van der Waals surface area contributed by atoms with Crippen LogP contribution in [0.2, 0.25) is 0 Å². The highest BCUT2D eigenvalue weighted by Gasteiger charge is 2.66. The van der Waals surface area contributed by atoms with E-state index in [1.807, 2.05) is 18.2 Å². The number of anilines is 1. The first-order chi connectivity index (χ1) is 17.9. The van der Waals surface area contributed by atoms with Crippen LogP contribution in [0.3, 0.4) is 0 Å². The molecule has 3 heterocycles. The minimum atomic E-state index is -0.342. The third-order valence-electron chi connectivity index (χ3n) is 8.61. The molecule has 0 spiro atoms. The van der Waals surface area contributed by atoms with E-state index in [9.17, 15) is 4.79 Å². The summed E-state index contributed by atoms with van der Waals surface area (Å²) in [6, 6.07) is 14.7. The Bertz CT molecular complexity index is 1380. The maximum Gasteiger partial charge on any atom is 0.313 e. The average molecular weight is 498 g/mol. The van der Waals surface area contributed by atoms with E-state index in [4.69, 9.17) is 14.5 Å². The van der Waals surface area contributed by atoms with Crippen LogP contribution in [-0.4, -0.2) is 37.7 Å². The average Bonchev–Trinajstić information content (AvgIpc) is 3.50. The predicted octanol–water partition coefficient (Wildman–Crippen LogP) is 4.90. The molecule has 6 nitrogen and oxygen atoms in total. The highest BCUT2D eigenvalue weighted by Crippen LogP contribution is 2.59. The number of nitrogens with zero attached hydrogens (tertiary/aromatic N) is 2. The Balaban J connectivity index is 1.26. The first kappa shape index (κ1) is 24.0. The number of benzene rings is 2. The summed E-state index contributed by atoms with van der Waals surface area (Å²) in [6.45, 7) is 10.5. The second kappa shape index (κ2) is 9.18. The van der Waals surface area contributed by atoms with Crippen LogP contribution in [0.25, 0.3) is 11.3 Å². The lowest BCUT2D eigenvalue weighted by Gasteiger charge is -2.24. The van der Waals surface area contributed by atoms with Crippen molar-refractivity contribution in [1.82, 2.24) is 10.3 Å². The van der Waals surface area contributed by atoms with Crippen molar-refractivity contribution >= 4 is 11.8 Å². The number of esters is 1. The zero-order valence-electron chi connectivity index (χ0n) is 22.2. The normalized spacial score (nSPS) is 21.8. The van der Waals surface area contributed by atoms with E-state index < -0.39 is 0 Å². The van der Waals surface area contributed by atoms with Crippen molar-refractivity contribution in [2.75, 3.05) is 31.6 Å². The molecule has 2 aromatic carbocycles. The third-order valence-corrected chi connectivity index (χ3v) is 8.61. The zero-order chi connectivity index (χ0) is 25.7. The van der Waals surface area contributed by atoms with E-state index >= 15 is 0 Å². The van der Waals surface area contributed by atoms with Crippen molar-refractivity contribution in [3.05, 3.63) is 75.8 Å². The maximum absolute atomic E-state index is 12.3. The van der Waals surface area contributed by atoms with Crippen LogP contribution in [0, 0.1) is 32.1 Å². The van der Waals surface area contributed by atoms with Crippen molar-refractivity contribution in [1.29, 1.82) is 0 Å². The van der Waals surface area contributed by atoms with Crippen LogP contribution in [0.5, 0.6) is 5.75 Å². The number of aromatic nitrogens is 1. The van der Waals surface area contributed by atoms with Crippen LogP contribution in [0.4, 0.5) is 5.82 Å². The molecule has 1 saturated heterocycles. The molecule has 0 bridgehead atoms. The number of carbonyl (C=O) groups is 1. The second-order valence-electron chi connectivity index (χ2n) is 11.0. The van der Waals surface area contributed by atoms with E-state index in [1.54, 1.807) is 0 Å². The lowest BCUT2D eigenvalue weighted by Crippen LogP contribution is -2.29. The number of piperidine rings is 1. The second-order valence-corrected chi connectivity index (χ2v) is 11.0. The fourth-order valence-electron chi connectivity index (χ4n) is 6.33. The Kier molecular flexibility index (Phi) is 5.95. The standard InChI is InChI=1S/C31H35N3O3/c1-19-8-9-28(37-17-22-13-20(2)26-15-32-11-10-24(26)21(22)3)25(12-19)27-6-5-7-29(33-27)34-16-23-14-31(23,18-34)30(35)36-4/h5-9,12-13,23,32H,10-11,14-18H2,1-4H3/t23-,31-/m0/s1. The summed E-state index contributed by atoms with van der Waals surface area (Å²) in [5.74, 6) is 2.01. The molecular weight excluding hydrogens is 462 g/mol. The van der Waals surface area contributed by atoms with Crippen LogP contribution in [0.1, 0.15) is 39.8 Å². The molecule has 1 N–H and O–H groups in total. The molecule has 37 heavy (non-hydrogen) atoms. The molecule has 0 unspecified atom stereocenters. The van der Waals surface area contributed by atoms with Gasteiger partial charge < -0.3 is 19.7 Å². The molecule has 0 radical (unpaired) electrons. The van der Waals surface area contributed by atoms with Gasteiger partial charge in [-0.3, -0.25) is 4.79 Å². The molecular formula is C31H35N3O3. The highest BCUT2D eigenvalue weighted by molar-refractivity contribution is 5.83. The summed E-state index contributed by atoms with van der Waals surface area (Å²) in [5, 5.41) is 3.49.